The normalized spacial score (nSPS) is 10.9. The maximum Gasteiger partial charge on any atom is 0.224 e. The van der Waals surface area contributed by atoms with Crippen LogP contribution in [0.3, 0.4) is 0 Å². The van der Waals surface area contributed by atoms with Gasteiger partial charge in [-0.1, -0.05) is 12.1 Å². The number of Topliss-reactive ketones (excluding diaryl/α,β-unsaturated/α-hetero) is 1. The first-order valence-electron chi connectivity index (χ1n) is 10.00. The van der Waals surface area contributed by atoms with Crippen molar-refractivity contribution in [3.63, 3.8) is 0 Å². The van der Waals surface area contributed by atoms with Gasteiger partial charge in [0.1, 0.15) is 17.2 Å². The van der Waals surface area contributed by atoms with E-state index in [0.29, 0.717) is 41.2 Å². The zero-order valence-corrected chi connectivity index (χ0v) is 18.1. The summed E-state index contributed by atoms with van der Waals surface area (Å²) < 4.78 is 14.9. The summed E-state index contributed by atoms with van der Waals surface area (Å²) in [6, 6.07) is 13.0. The Hall–Kier alpha value is -3.59. The van der Waals surface area contributed by atoms with Gasteiger partial charge in [0, 0.05) is 17.7 Å². The molecule has 4 aromatic rings. The number of hydrogen-bond acceptors (Lipinski definition) is 6. The van der Waals surface area contributed by atoms with E-state index in [-0.39, 0.29) is 17.5 Å². The number of benzene rings is 2. The van der Waals surface area contributed by atoms with Crippen molar-refractivity contribution in [2.45, 2.75) is 24.8 Å². The Morgan fingerprint density at radius 3 is 2.66 bits per heavy atom. The van der Waals surface area contributed by atoms with E-state index in [9.17, 15) is 14.0 Å². The Bertz CT molecular complexity index is 1270. The van der Waals surface area contributed by atoms with Gasteiger partial charge in [0.05, 0.1) is 23.0 Å². The maximum absolute atomic E-state index is 13.2. The smallest absolute Gasteiger partial charge is 0.224 e. The maximum atomic E-state index is 13.2. The van der Waals surface area contributed by atoms with Crippen molar-refractivity contribution in [1.82, 2.24) is 19.7 Å². The fourth-order valence-corrected chi connectivity index (χ4v) is 4.13. The Labute approximate surface area is 188 Å². The fraction of sp³-hybridized carbons (Fsp3) is 0.174. The van der Waals surface area contributed by atoms with E-state index in [4.69, 9.17) is 0 Å². The lowest BCUT2D eigenvalue weighted by Gasteiger charge is -2.09. The number of amides is 1. The molecule has 9 heteroatoms. The number of para-hydroxylation sites is 1. The highest BCUT2D eigenvalue weighted by Gasteiger charge is 2.13. The minimum Gasteiger partial charge on any atom is -0.325 e. The van der Waals surface area contributed by atoms with Crippen molar-refractivity contribution in [1.29, 1.82) is 0 Å². The van der Waals surface area contributed by atoms with Crippen LogP contribution in [0, 0.1) is 5.82 Å². The number of thioether (sulfide) groups is 1. The molecule has 2 aromatic heterocycles. The molecular weight excluding hydrogens is 429 g/mol. The lowest BCUT2D eigenvalue weighted by atomic mass is 10.1. The molecule has 0 saturated carbocycles. The van der Waals surface area contributed by atoms with Gasteiger partial charge in [-0.25, -0.2) is 19.0 Å². The first-order chi connectivity index (χ1) is 15.5. The van der Waals surface area contributed by atoms with Crippen LogP contribution >= 0.6 is 11.8 Å². The minimum absolute atomic E-state index is 0.0922. The largest absolute Gasteiger partial charge is 0.325 e. The molecule has 0 atom stereocenters. The molecule has 0 saturated heterocycles. The van der Waals surface area contributed by atoms with Gasteiger partial charge in [-0.15, -0.1) is 11.8 Å². The molecule has 0 aliphatic heterocycles. The second-order valence-corrected chi connectivity index (χ2v) is 8.13. The van der Waals surface area contributed by atoms with Crippen LogP contribution in [0.2, 0.25) is 0 Å². The highest BCUT2D eigenvalue weighted by Crippen LogP contribution is 2.26. The Morgan fingerprint density at radius 2 is 1.88 bits per heavy atom. The molecule has 0 fully saturated rings. The third-order valence-corrected chi connectivity index (χ3v) is 5.86. The van der Waals surface area contributed by atoms with Crippen LogP contribution in [-0.2, 0) is 4.79 Å². The van der Waals surface area contributed by atoms with Crippen molar-refractivity contribution in [3.8, 4) is 5.69 Å². The number of halogens is 1. The van der Waals surface area contributed by atoms with Gasteiger partial charge in [0.25, 0.3) is 0 Å². The summed E-state index contributed by atoms with van der Waals surface area (Å²) in [5.41, 5.74) is 2.37. The third kappa shape index (κ3) is 4.83. The van der Waals surface area contributed by atoms with Gasteiger partial charge in [0.15, 0.2) is 11.4 Å². The van der Waals surface area contributed by atoms with Gasteiger partial charge in [0.2, 0.25) is 5.91 Å². The Balaban J connectivity index is 1.36. The molecule has 0 aliphatic rings. The molecule has 0 unspecified atom stereocenters. The summed E-state index contributed by atoms with van der Waals surface area (Å²) in [4.78, 5) is 32.6. The Kier molecular flexibility index (Phi) is 6.55. The summed E-state index contributed by atoms with van der Waals surface area (Å²) >= 11 is 1.52. The van der Waals surface area contributed by atoms with E-state index in [2.05, 4.69) is 20.4 Å². The average Bonchev–Trinajstić information content (AvgIpc) is 3.22. The molecule has 0 radical (unpaired) electrons. The van der Waals surface area contributed by atoms with Crippen LogP contribution in [0.25, 0.3) is 16.7 Å². The van der Waals surface area contributed by atoms with Crippen molar-refractivity contribution in [2.24, 2.45) is 0 Å². The van der Waals surface area contributed by atoms with Crippen LogP contribution < -0.4 is 5.32 Å². The molecule has 1 amide bonds. The molecule has 32 heavy (non-hydrogen) atoms. The number of carbonyl (C=O) groups is 2. The van der Waals surface area contributed by atoms with E-state index in [0.717, 1.165) is 10.4 Å². The summed E-state index contributed by atoms with van der Waals surface area (Å²) in [6.45, 7) is 1.47. The molecule has 2 heterocycles. The highest BCUT2D eigenvalue weighted by atomic mass is 32.2. The molecule has 162 valence electrons. The summed E-state index contributed by atoms with van der Waals surface area (Å²) in [6.07, 6.45) is 4.11. The number of anilines is 1. The van der Waals surface area contributed by atoms with E-state index >= 15 is 0 Å². The van der Waals surface area contributed by atoms with E-state index < -0.39 is 0 Å². The van der Waals surface area contributed by atoms with Crippen molar-refractivity contribution >= 4 is 40.2 Å². The fourth-order valence-electron chi connectivity index (χ4n) is 3.22. The van der Waals surface area contributed by atoms with E-state index in [1.165, 1.54) is 37.1 Å². The minimum atomic E-state index is -0.315. The molecule has 4 rings (SSSR count). The second kappa shape index (κ2) is 9.69. The average molecular weight is 450 g/mol. The monoisotopic (exact) mass is 449 g/mol. The molecule has 7 nitrogen and oxygen atoms in total. The highest BCUT2D eigenvalue weighted by molar-refractivity contribution is 7.99. The van der Waals surface area contributed by atoms with Crippen LogP contribution in [0.1, 0.15) is 30.1 Å². The van der Waals surface area contributed by atoms with E-state index in [1.54, 1.807) is 47.3 Å². The molecule has 0 spiro atoms. The number of nitrogens with one attached hydrogen (secondary N) is 1. The second-order valence-electron chi connectivity index (χ2n) is 7.05. The first kappa shape index (κ1) is 21.6. The predicted molar refractivity (Wildman–Crippen MR) is 122 cm³/mol. The van der Waals surface area contributed by atoms with Crippen LogP contribution in [-0.4, -0.2) is 37.2 Å². The van der Waals surface area contributed by atoms with Gasteiger partial charge < -0.3 is 5.32 Å². The number of aromatic nitrogens is 4. The SMILES string of the molecule is CC(=O)c1ccccc1NC(=O)CCCSc1ncnc2c1cnn2-c1ccc(F)cc1. The third-order valence-electron chi connectivity index (χ3n) is 4.77. The van der Waals surface area contributed by atoms with Crippen LogP contribution in [0.15, 0.2) is 66.1 Å². The quantitative estimate of drug-likeness (QED) is 0.182. The first-order valence-corrected chi connectivity index (χ1v) is 11.0. The van der Waals surface area contributed by atoms with Crippen molar-refractivity contribution in [3.05, 3.63) is 72.4 Å². The zero-order valence-electron chi connectivity index (χ0n) is 17.3. The number of ketones is 1. The van der Waals surface area contributed by atoms with Gasteiger partial charge in [-0.3, -0.25) is 9.59 Å². The van der Waals surface area contributed by atoms with Gasteiger partial charge in [-0.2, -0.15) is 5.10 Å². The van der Waals surface area contributed by atoms with Gasteiger partial charge >= 0.3 is 0 Å². The summed E-state index contributed by atoms with van der Waals surface area (Å²) in [7, 11) is 0. The summed E-state index contributed by atoms with van der Waals surface area (Å²) in [5.74, 6) is 0.127. The lowest BCUT2D eigenvalue weighted by molar-refractivity contribution is -0.116. The topological polar surface area (TPSA) is 89.8 Å². The molecule has 0 aliphatic carbocycles. The number of fused-ring (bicyclic) bond motifs is 1. The zero-order chi connectivity index (χ0) is 22.5. The van der Waals surface area contributed by atoms with Crippen LogP contribution in [0.5, 0.6) is 0 Å². The Morgan fingerprint density at radius 1 is 1.09 bits per heavy atom. The number of hydrogen-bond donors (Lipinski definition) is 1. The lowest BCUT2D eigenvalue weighted by Crippen LogP contribution is -2.14. The predicted octanol–water partition coefficient (Wildman–Crippen LogP) is 4.67. The van der Waals surface area contributed by atoms with Crippen molar-refractivity contribution < 1.29 is 14.0 Å². The van der Waals surface area contributed by atoms with E-state index in [1.807, 2.05) is 0 Å². The molecule has 1 N–H and O–H groups in total. The number of carbonyl (C=O) groups excluding carboxylic acids is 2. The van der Waals surface area contributed by atoms with Crippen molar-refractivity contribution in [2.75, 3.05) is 11.1 Å². The molecule has 2 aromatic carbocycles. The standard InChI is InChI=1S/C23H20FN5O2S/c1-15(30)18-5-2-3-6-20(18)28-21(31)7-4-12-32-23-19-13-27-29(22(19)25-14-26-23)17-10-8-16(24)9-11-17/h2-3,5-6,8-11,13-14H,4,7,12H2,1H3,(H,28,31). The molecular formula is C23H20FN5O2S. The van der Waals surface area contributed by atoms with Gasteiger partial charge in [-0.05, 0) is 49.7 Å². The number of nitrogens with zero attached hydrogens (tertiary/aromatic N) is 4. The number of rotatable bonds is 8. The summed E-state index contributed by atoms with van der Waals surface area (Å²) in [5, 5.41) is 8.74. The van der Waals surface area contributed by atoms with Crippen LogP contribution in [0.4, 0.5) is 10.1 Å². The molecule has 0 bridgehead atoms.